The van der Waals surface area contributed by atoms with Crippen molar-refractivity contribution in [2.24, 2.45) is 5.92 Å². The number of hydrogen-bond acceptors (Lipinski definition) is 4. The van der Waals surface area contributed by atoms with Crippen LogP contribution in [0, 0.1) is 18.7 Å². The molecule has 2 fully saturated rings. The number of hydrogen-bond donors (Lipinski definition) is 1. The summed E-state index contributed by atoms with van der Waals surface area (Å²) in [4.78, 5) is 31.4. The summed E-state index contributed by atoms with van der Waals surface area (Å²) in [5.41, 5.74) is -1.86. The van der Waals surface area contributed by atoms with Crippen molar-refractivity contribution in [1.82, 2.24) is 5.32 Å². The number of amides is 2. The molecule has 0 aromatic heterocycles. The summed E-state index contributed by atoms with van der Waals surface area (Å²) in [5, 5.41) is 2.81. The normalized spacial score (nSPS) is 24.2. The van der Waals surface area contributed by atoms with Gasteiger partial charge in [0.15, 0.2) is 5.54 Å². The Balaban J connectivity index is 1.79. The largest absolute Gasteiger partial charge is 0.420 e. The highest BCUT2D eigenvalue weighted by Gasteiger charge is 2.71. The van der Waals surface area contributed by atoms with Crippen molar-refractivity contribution in [3.05, 3.63) is 65.5 Å². The summed E-state index contributed by atoms with van der Waals surface area (Å²) in [6, 6.07) is 10.6. The maximum atomic E-state index is 14.1. The van der Waals surface area contributed by atoms with Gasteiger partial charge in [-0.1, -0.05) is 18.2 Å². The van der Waals surface area contributed by atoms with Gasteiger partial charge in [-0.25, -0.2) is 9.23 Å². The topological polar surface area (TPSA) is 67.9 Å². The van der Waals surface area contributed by atoms with Gasteiger partial charge < -0.3 is 10.1 Å². The number of halogens is 4. The predicted octanol–water partition coefficient (Wildman–Crippen LogP) is 3.16. The first-order valence-corrected chi connectivity index (χ1v) is 9.44. The minimum absolute atomic E-state index is 0.0899. The van der Waals surface area contributed by atoms with Gasteiger partial charge in [0, 0.05) is 11.5 Å². The Hall–Kier alpha value is -2.98. The van der Waals surface area contributed by atoms with Crippen LogP contribution < -0.4 is 10.4 Å². The van der Waals surface area contributed by atoms with Crippen molar-refractivity contribution in [3.8, 4) is 0 Å². The van der Waals surface area contributed by atoms with E-state index in [0.29, 0.717) is 10.6 Å². The zero-order chi connectivity index (χ0) is 22.4. The van der Waals surface area contributed by atoms with Crippen molar-refractivity contribution >= 4 is 17.5 Å². The fourth-order valence-corrected chi connectivity index (χ4v) is 3.78. The van der Waals surface area contributed by atoms with E-state index in [1.165, 1.54) is 6.07 Å². The van der Waals surface area contributed by atoms with Crippen LogP contribution in [-0.2, 0) is 14.4 Å². The van der Waals surface area contributed by atoms with Crippen molar-refractivity contribution in [2.75, 3.05) is 18.3 Å². The van der Waals surface area contributed by atoms with E-state index in [0.717, 1.165) is 24.3 Å². The van der Waals surface area contributed by atoms with E-state index in [1.54, 1.807) is 25.1 Å². The van der Waals surface area contributed by atoms with E-state index in [4.69, 9.17) is 9.57 Å². The van der Waals surface area contributed by atoms with E-state index >= 15 is 0 Å². The quantitative estimate of drug-likeness (QED) is 0.745. The number of nitrogens with one attached hydrogen (secondary N) is 1. The van der Waals surface area contributed by atoms with E-state index in [2.05, 4.69) is 5.32 Å². The van der Waals surface area contributed by atoms with Crippen molar-refractivity contribution in [2.45, 2.75) is 24.7 Å². The van der Waals surface area contributed by atoms with Gasteiger partial charge in [0.25, 0.3) is 11.8 Å². The second-order valence-corrected chi connectivity index (χ2v) is 7.48. The summed E-state index contributed by atoms with van der Waals surface area (Å²) in [7, 11) is 0. The first-order chi connectivity index (χ1) is 14.6. The lowest BCUT2D eigenvalue weighted by Crippen LogP contribution is -2.70. The van der Waals surface area contributed by atoms with Crippen molar-refractivity contribution in [3.63, 3.8) is 0 Å². The third-order valence-corrected chi connectivity index (χ3v) is 5.51. The van der Waals surface area contributed by atoms with E-state index in [-0.39, 0.29) is 24.5 Å². The Kier molecular flexibility index (Phi) is 5.22. The molecule has 6 nitrogen and oxygen atoms in total. The molecule has 2 saturated heterocycles. The molecule has 2 aliphatic rings. The number of rotatable bonds is 4. The molecule has 0 spiro atoms. The third kappa shape index (κ3) is 3.55. The molecule has 2 amide bonds. The van der Waals surface area contributed by atoms with Gasteiger partial charge in [0.05, 0.1) is 18.9 Å². The van der Waals surface area contributed by atoms with Crippen LogP contribution in [0.2, 0.25) is 0 Å². The Bertz CT molecular complexity index is 1010. The third-order valence-electron chi connectivity index (χ3n) is 5.51. The molecule has 164 valence electrons. The number of anilines is 1. The Morgan fingerprint density at radius 1 is 1.13 bits per heavy atom. The molecule has 2 aliphatic heterocycles. The van der Waals surface area contributed by atoms with E-state index < -0.39 is 41.4 Å². The zero-order valence-corrected chi connectivity index (χ0v) is 16.3. The van der Waals surface area contributed by atoms with Crippen LogP contribution in [0.1, 0.15) is 15.9 Å². The fraction of sp³-hybridized carbons (Fsp3) is 0.333. The highest BCUT2D eigenvalue weighted by atomic mass is 19.4. The van der Waals surface area contributed by atoms with Gasteiger partial charge in [0.2, 0.25) is 6.10 Å². The average molecular weight is 438 g/mol. The van der Waals surface area contributed by atoms with Gasteiger partial charge in [-0.15, -0.1) is 0 Å². The Morgan fingerprint density at radius 3 is 2.32 bits per heavy atom. The van der Waals surface area contributed by atoms with Crippen molar-refractivity contribution in [1.29, 1.82) is 0 Å². The number of alkyl halides is 3. The summed E-state index contributed by atoms with van der Waals surface area (Å²) >= 11 is 0. The average Bonchev–Trinajstić information content (AvgIpc) is 2.94. The van der Waals surface area contributed by atoms with Crippen LogP contribution in [0.3, 0.4) is 0 Å². The lowest BCUT2D eigenvalue weighted by Gasteiger charge is -2.43. The van der Waals surface area contributed by atoms with E-state index in [1.807, 2.05) is 0 Å². The summed E-state index contributed by atoms with van der Waals surface area (Å²) in [6.45, 7) is 1.31. The minimum Gasteiger partial charge on any atom is -0.380 e. The molecule has 0 saturated carbocycles. The lowest BCUT2D eigenvalue weighted by molar-refractivity contribution is -0.238. The Labute approximate surface area is 174 Å². The van der Waals surface area contributed by atoms with Crippen LogP contribution in [0.5, 0.6) is 0 Å². The van der Waals surface area contributed by atoms with Gasteiger partial charge in [-0.2, -0.15) is 18.2 Å². The molecule has 4 rings (SSSR count). The molecule has 31 heavy (non-hydrogen) atoms. The molecular weight excluding hydrogens is 420 g/mol. The number of benzene rings is 2. The van der Waals surface area contributed by atoms with Gasteiger partial charge in [-0.3, -0.25) is 9.59 Å². The number of carbonyl (C=O) groups is 2. The maximum absolute atomic E-state index is 14.1. The molecule has 0 bridgehead atoms. The van der Waals surface area contributed by atoms with Crippen LogP contribution in [0.25, 0.3) is 0 Å². The van der Waals surface area contributed by atoms with Crippen LogP contribution in [-0.4, -0.2) is 42.8 Å². The molecule has 2 aromatic rings. The number of hydroxylamine groups is 1. The SMILES string of the molecule is Cc1ccccc1C(=O)N[C@@]1(C2COC2)C(=O)N(c2ccc(F)cc2)OC1C(F)(F)F. The number of ether oxygens (including phenoxy) is 1. The maximum Gasteiger partial charge on any atom is 0.420 e. The summed E-state index contributed by atoms with van der Waals surface area (Å²) in [5.74, 6) is -3.53. The van der Waals surface area contributed by atoms with E-state index in [9.17, 15) is 27.2 Å². The minimum atomic E-state index is -4.99. The fourth-order valence-electron chi connectivity index (χ4n) is 3.78. The molecule has 0 aliphatic carbocycles. The molecule has 1 unspecified atom stereocenters. The molecule has 2 aromatic carbocycles. The van der Waals surface area contributed by atoms with Gasteiger partial charge in [0.1, 0.15) is 5.82 Å². The van der Waals surface area contributed by atoms with Crippen LogP contribution in [0.4, 0.5) is 23.2 Å². The summed E-state index contributed by atoms with van der Waals surface area (Å²) < 4.78 is 60.6. The second-order valence-electron chi connectivity index (χ2n) is 7.48. The smallest absolute Gasteiger partial charge is 0.380 e. The monoisotopic (exact) mass is 438 g/mol. The predicted molar refractivity (Wildman–Crippen MR) is 100 cm³/mol. The van der Waals surface area contributed by atoms with Crippen molar-refractivity contribution < 1.29 is 36.7 Å². The molecular formula is C21H18F4N2O4. The molecule has 2 atom stereocenters. The number of carbonyl (C=O) groups excluding carboxylic acids is 2. The molecule has 1 N–H and O–H groups in total. The van der Waals surface area contributed by atoms with Crippen LogP contribution >= 0.6 is 0 Å². The standard InChI is InChI=1S/C21H18F4N2O4/c1-12-4-2-3-5-16(12)17(28)26-20(13-10-30-11-13)18(21(23,24)25)31-27(19(20)29)15-8-6-14(22)7-9-15/h2-9,13,18H,10-11H2,1H3,(H,26,28)/t18?,20-/m1/s1. The molecule has 2 heterocycles. The molecule has 10 heteroatoms. The van der Waals surface area contributed by atoms with Gasteiger partial charge >= 0.3 is 6.18 Å². The number of aryl methyl sites for hydroxylation is 1. The lowest BCUT2D eigenvalue weighted by atomic mass is 9.76. The second kappa shape index (κ2) is 7.61. The zero-order valence-electron chi connectivity index (χ0n) is 16.3. The highest BCUT2D eigenvalue weighted by molar-refractivity contribution is 6.06. The van der Waals surface area contributed by atoms with Gasteiger partial charge in [-0.05, 0) is 42.8 Å². The Morgan fingerprint density at radius 2 is 1.77 bits per heavy atom. The first kappa shape index (κ1) is 21.3. The van der Waals surface area contributed by atoms with Crippen LogP contribution in [0.15, 0.2) is 48.5 Å². The highest BCUT2D eigenvalue weighted by Crippen LogP contribution is 2.45. The summed E-state index contributed by atoms with van der Waals surface area (Å²) in [6.07, 6.45) is -7.64. The first-order valence-electron chi connectivity index (χ1n) is 9.44. The molecule has 0 radical (unpaired) electrons. The number of nitrogens with zero attached hydrogens (tertiary/aromatic N) is 1.